The molecular formula is C16H15N3O2. The third kappa shape index (κ3) is 2.39. The normalized spacial score (nSPS) is 10.6. The molecule has 0 saturated carbocycles. The lowest BCUT2D eigenvalue weighted by Crippen LogP contribution is -2.01. The van der Waals surface area contributed by atoms with Gasteiger partial charge in [0.15, 0.2) is 0 Å². The Morgan fingerprint density at radius 2 is 1.76 bits per heavy atom. The van der Waals surface area contributed by atoms with Crippen LogP contribution in [0.25, 0.3) is 16.9 Å². The molecule has 21 heavy (non-hydrogen) atoms. The molecule has 0 atom stereocenters. The average Bonchev–Trinajstić information content (AvgIpc) is 2.99. The van der Waals surface area contributed by atoms with E-state index in [1.165, 1.54) is 0 Å². The number of aliphatic hydroxyl groups is 1. The molecule has 3 aromatic rings. The van der Waals surface area contributed by atoms with Crippen LogP contribution in [0.1, 0.15) is 5.69 Å². The predicted molar refractivity (Wildman–Crippen MR) is 79.3 cm³/mol. The molecule has 3 rings (SSSR count). The molecule has 1 aromatic heterocycles. The van der Waals surface area contributed by atoms with Gasteiger partial charge in [0.25, 0.3) is 0 Å². The highest BCUT2D eigenvalue weighted by atomic mass is 16.5. The first-order valence-corrected chi connectivity index (χ1v) is 6.59. The minimum absolute atomic E-state index is 0.180. The molecule has 0 spiro atoms. The van der Waals surface area contributed by atoms with Gasteiger partial charge in [0.1, 0.15) is 17.1 Å². The van der Waals surface area contributed by atoms with Crippen LogP contribution in [0.15, 0.2) is 54.6 Å². The van der Waals surface area contributed by atoms with E-state index in [2.05, 4.69) is 10.3 Å². The summed E-state index contributed by atoms with van der Waals surface area (Å²) in [4.78, 5) is 0. The van der Waals surface area contributed by atoms with Gasteiger partial charge in [0.2, 0.25) is 0 Å². The highest BCUT2D eigenvalue weighted by Crippen LogP contribution is 2.32. The maximum Gasteiger partial charge on any atom is 0.128 e. The average molecular weight is 281 g/mol. The van der Waals surface area contributed by atoms with E-state index in [0.717, 1.165) is 16.9 Å². The fraction of sp³-hybridized carbons (Fsp3) is 0.125. The SMILES string of the molecule is COc1ccccc1-c1c(CO)nnn1-c1ccccc1. The zero-order valence-electron chi connectivity index (χ0n) is 11.6. The van der Waals surface area contributed by atoms with Gasteiger partial charge >= 0.3 is 0 Å². The van der Waals surface area contributed by atoms with Crippen molar-refractivity contribution in [3.8, 4) is 22.7 Å². The van der Waals surface area contributed by atoms with Crippen LogP contribution in [0, 0.1) is 0 Å². The number of methoxy groups -OCH3 is 1. The lowest BCUT2D eigenvalue weighted by molar-refractivity contribution is 0.277. The molecule has 0 aliphatic rings. The molecule has 0 fully saturated rings. The molecule has 0 aliphatic carbocycles. The third-order valence-corrected chi connectivity index (χ3v) is 3.25. The Bertz CT molecular complexity index is 738. The fourth-order valence-corrected chi connectivity index (χ4v) is 2.28. The van der Waals surface area contributed by atoms with Crippen LogP contribution in [0.4, 0.5) is 0 Å². The number of para-hydroxylation sites is 2. The monoisotopic (exact) mass is 281 g/mol. The Hall–Kier alpha value is -2.66. The number of nitrogens with zero attached hydrogens (tertiary/aromatic N) is 3. The van der Waals surface area contributed by atoms with E-state index in [1.54, 1.807) is 11.8 Å². The van der Waals surface area contributed by atoms with Crippen LogP contribution >= 0.6 is 0 Å². The molecule has 0 bridgehead atoms. The summed E-state index contributed by atoms with van der Waals surface area (Å²) < 4.78 is 7.12. The fourth-order valence-electron chi connectivity index (χ4n) is 2.28. The molecule has 0 radical (unpaired) electrons. The van der Waals surface area contributed by atoms with Crippen molar-refractivity contribution in [3.05, 3.63) is 60.3 Å². The van der Waals surface area contributed by atoms with E-state index >= 15 is 0 Å². The molecule has 2 aromatic carbocycles. The van der Waals surface area contributed by atoms with Gasteiger partial charge in [-0.3, -0.25) is 0 Å². The zero-order chi connectivity index (χ0) is 14.7. The van der Waals surface area contributed by atoms with E-state index in [1.807, 2.05) is 54.6 Å². The Morgan fingerprint density at radius 1 is 1.05 bits per heavy atom. The molecule has 0 unspecified atom stereocenters. The predicted octanol–water partition coefficient (Wildman–Crippen LogP) is 2.44. The third-order valence-electron chi connectivity index (χ3n) is 3.25. The number of aromatic nitrogens is 3. The number of hydrogen-bond acceptors (Lipinski definition) is 4. The highest BCUT2D eigenvalue weighted by molar-refractivity contribution is 5.70. The van der Waals surface area contributed by atoms with Crippen molar-refractivity contribution in [2.75, 3.05) is 7.11 Å². The van der Waals surface area contributed by atoms with Crippen LogP contribution < -0.4 is 4.74 Å². The first-order valence-electron chi connectivity index (χ1n) is 6.59. The molecule has 5 nitrogen and oxygen atoms in total. The molecular weight excluding hydrogens is 266 g/mol. The second-order valence-electron chi connectivity index (χ2n) is 4.49. The first kappa shape index (κ1) is 13.3. The molecule has 1 N–H and O–H groups in total. The Labute approximate surface area is 122 Å². The number of hydrogen-bond donors (Lipinski definition) is 1. The van der Waals surface area contributed by atoms with Gasteiger partial charge in [-0.05, 0) is 24.3 Å². The van der Waals surface area contributed by atoms with Gasteiger partial charge in [-0.25, -0.2) is 4.68 Å². The van der Waals surface area contributed by atoms with Crippen molar-refractivity contribution < 1.29 is 9.84 Å². The van der Waals surface area contributed by atoms with E-state index in [9.17, 15) is 5.11 Å². The van der Waals surface area contributed by atoms with E-state index in [4.69, 9.17) is 4.74 Å². The van der Waals surface area contributed by atoms with Crippen LogP contribution in [0.3, 0.4) is 0 Å². The standard InChI is InChI=1S/C16H15N3O2/c1-21-15-10-6-5-9-13(15)16-14(11-20)17-18-19(16)12-7-3-2-4-8-12/h2-10,20H,11H2,1H3. The van der Waals surface area contributed by atoms with Gasteiger partial charge in [0, 0.05) is 5.56 Å². The Balaban J connectivity index is 2.24. The van der Waals surface area contributed by atoms with Gasteiger partial charge in [-0.15, -0.1) is 5.10 Å². The number of ether oxygens (including phenoxy) is 1. The summed E-state index contributed by atoms with van der Waals surface area (Å²) in [6.07, 6.45) is 0. The van der Waals surface area contributed by atoms with E-state index < -0.39 is 0 Å². The zero-order valence-corrected chi connectivity index (χ0v) is 11.6. The van der Waals surface area contributed by atoms with Gasteiger partial charge < -0.3 is 9.84 Å². The number of benzene rings is 2. The maximum absolute atomic E-state index is 9.55. The smallest absolute Gasteiger partial charge is 0.128 e. The molecule has 0 saturated heterocycles. The summed E-state index contributed by atoms with van der Waals surface area (Å²) >= 11 is 0. The largest absolute Gasteiger partial charge is 0.496 e. The maximum atomic E-state index is 9.55. The van der Waals surface area contributed by atoms with Crippen LogP contribution in [-0.4, -0.2) is 27.2 Å². The van der Waals surface area contributed by atoms with Crippen molar-refractivity contribution >= 4 is 0 Å². The second kappa shape index (κ2) is 5.76. The Morgan fingerprint density at radius 3 is 2.48 bits per heavy atom. The molecule has 106 valence electrons. The highest BCUT2D eigenvalue weighted by Gasteiger charge is 2.18. The van der Waals surface area contributed by atoms with Crippen LogP contribution in [-0.2, 0) is 6.61 Å². The van der Waals surface area contributed by atoms with Crippen molar-refractivity contribution in [1.82, 2.24) is 15.0 Å². The first-order chi connectivity index (χ1) is 10.3. The van der Waals surface area contributed by atoms with Crippen LogP contribution in [0.5, 0.6) is 5.75 Å². The number of aliphatic hydroxyl groups excluding tert-OH is 1. The van der Waals surface area contributed by atoms with Gasteiger partial charge in [-0.1, -0.05) is 35.5 Å². The second-order valence-corrected chi connectivity index (χ2v) is 4.49. The molecule has 0 amide bonds. The summed E-state index contributed by atoms with van der Waals surface area (Å²) in [7, 11) is 1.62. The van der Waals surface area contributed by atoms with Gasteiger partial charge in [0.05, 0.1) is 19.4 Å². The number of rotatable bonds is 4. The minimum atomic E-state index is -0.180. The van der Waals surface area contributed by atoms with Crippen molar-refractivity contribution in [2.45, 2.75) is 6.61 Å². The van der Waals surface area contributed by atoms with Crippen molar-refractivity contribution in [1.29, 1.82) is 0 Å². The van der Waals surface area contributed by atoms with E-state index in [0.29, 0.717) is 11.4 Å². The summed E-state index contributed by atoms with van der Waals surface area (Å²) in [5, 5.41) is 17.8. The van der Waals surface area contributed by atoms with Crippen LogP contribution in [0.2, 0.25) is 0 Å². The molecule has 0 aliphatic heterocycles. The summed E-state index contributed by atoms with van der Waals surface area (Å²) in [5.74, 6) is 0.715. The van der Waals surface area contributed by atoms with E-state index in [-0.39, 0.29) is 6.61 Å². The molecule has 5 heteroatoms. The lowest BCUT2D eigenvalue weighted by atomic mass is 10.1. The minimum Gasteiger partial charge on any atom is -0.496 e. The summed E-state index contributed by atoms with van der Waals surface area (Å²) in [6, 6.07) is 17.3. The Kier molecular flexibility index (Phi) is 3.66. The van der Waals surface area contributed by atoms with Crippen molar-refractivity contribution in [2.24, 2.45) is 0 Å². The topological polar surface area (TPSA) is 60.2 Å². The quantitative estimate of drug-likeness (QED) is 0.798. The summed E-state index contributed by atoms with van der Waals surface area (Å²) in [5.41, 5.74) is 2.98. The lowest BCUT2D eigenvalue weighted by Gasteiger charge is -2.11. The van der Waals surface area contributed by atoms with Crippen molar-refractivity contribution in [3.63, 3.8) is 0 Å². The van der Waals surface area contributed by atoms with Gasteiger partial charge in [-0.2, -0.15) is 0 Å². The molecule has 1 heterocycles. The summed E-state index contributed by atoms with van der Waals surface area (Å²) in [6.45, 7) is -0.180.